The van der Waals surface area contributed by atoms with E-state index < -0.39 is 6.04 Å². The average Bonchev–Trinajstić information content (AvgIpc) is 3.14. The summed E-state index contributed by atoms with van der Waals surface area (Å²) in [5.74, 6) is -0.106. The Bertz CT molecular complexity index is 887. The molecule has 2 saturated heterocycles. The number of benzene rings is 1. The van der Waals surface area contributed by atoms with Crippen molar-refractivity contribution >= 4 is 18.6 Å². The van der Waals surface area contributed by atoms with E-state index in [1.54, 1.807) is 23.9 Å². The molecule has 2 N–H and O–H groups in total. The zero-order valence-corrected chi connectivity index (χ0v) is 23.4. The maximum Gasteiger partial charge on any atom is 0.253 e. The molecule has 0 spiro atoms. The van der Waals surface area contributed by atoms with Gasteiger partial charge in [-0.1, -0.05) is 45.7 Å². The third kappa shape index (κ3) is 9.22. The van der Waals surface area contributed by atoms with Crippen LogP contribution < -0.4 is 5.73 Å². The maximum atomic E-state index is 13.1. The number of nitriles is 1. The van der Waals surface area contributed by atoms with Crippen LogP contribution in [0.15, 0.2) is 24.3 Å². The van der Waals surface area contributed by atoms with Crippen molar-refractivity contribution in [2.75, 3.05) is 40.4 Å². The lowest BCUT2D eigenvalue weighted by Gasteiger charge is -2.29. The number of hydrogen-bond acceptors (Lipinski definition) is 7. The Morgan fingerprint density at radius 3 is 2.54 bits per heavy atom. The van der Waals surface area contributed by atoms with Crippen molar-refractivity contribution in [2.24, 2.45) is 5.73 Å². The highest BCUT2D eigenvalue weighted by Crippen LogP contribution is 2.21. The van der Waals surface area contributed by atoms with Gasteiger partial charge in [-0.3, -0.25) is 19.4 Å². The van der Waals surface area contributed by atoms with Crippen molar-refractivity contribution in [2.45, 2.75) is 77.5 Å². The Labute approximate surface area is 223 Å². The lowest BCUT2D eigenvalue weighted by atomic mass is 10.1. The summed E-state index contributed by atoms with van der Waals surface area (Å²) in [5, 5.41) is 9.50. The normalized spacial score (nSPS) is 20.8. The van der Waals surface area contributed by atoms with Gasteiger partial charge in [-0.15, -0.1) is 0 Å². The van der Waals surface area contributed by atoms with Crippen LogP contribution in [-0.4, -0.2) is 96.7 Å². The van der Waals surface area contributed by atoms with Gasteiger partial charge in [0.15, 0.2) is 0 Å². The van der Waals surface area contributed by atoms with Gasteiger partial charge in [-0.25, -0.2) is 0 Å². The third-order valence-electron chi connectivity index (χ3n) is 6.76. The molecule has 1 aromatic rings. The van der Waals surface area contributed by atoms with Crippen LogP contribution >= 0.6 is 0 Å². The van der Waals surface area contributed by atoms with E-state index in [0.29, 0.717) is 24.7 Å². The summed E-state index contributed by atoms with van der Waals surface area (Å²) in [6, 6.07) is 9.48. The van der Waals surface area contributed by atoms with Crippen molar-refractivity contribution in [3.8, 4) is 6.07 Å². The van der Waals surface area contributed by atoms with E-state index in [4.69, 9.17) is 10.5 Å². The maximum absolute atomic E-state index is 13.1. The van der Waals surface area contributed by atoms with E-state index >= 15 is 0 Å². The molecule has 37 heavy (non-hydrogen) atoms. The fourth-order valence-corrected chi connectivity index (χ4v) is 4.91. The van der Waals surface area contributed by atoms with Gasteiger partial charge in [0.1, 0.15) is 12.8 Å². The second kappa shape index (κ2) is 16.8. The molecule has 9 nitrogen and oxygen atoms in total. The van der Waals surface area contributed by atoms with Gasteiger partial charge in [0.25, 0.3) is 5.91 Å². The van der Waals surface area contributed by atoms with E-state index in [1.165, 1.54) is 0 Å². The molecular formula is C28H46N6O3. The molecule has 0 aliphatic carbocycles. The summed E-state index contributed by atoms with van der Waals surface area (Å²) in [6.07, 6.45) is 4.70. The number of hydrogen-bond donors (Lipinski definition) is 1. The van der Waals surface area contributed by atoms with E-state index in [0.717, 1.165) is 57.4 Å². The van der Waals surface area contributed by atoms with Crippen molar-refractivity contribution in [3.05, 3.63) is 35.4 Å². The molecule has 2 amide bonds. The van der Waals surface area contributed by atoms with Gasteiger partial charge < -0.3 is 20.3 Å². The molecule has 0 radical (unpaired) electrons. The van der Waals surface area contributed by atoms with E-state index in [9.17, 15) is 14.9 Å². The smallest absolute Gasteiger partial charge is 0.253 e. The summed E-state index contributed by atoms with van der Waals surface area (Å²) in [4.78, 5) is 41.3. The monoisotopic (exact) mass is 514 g/mol. The van der Waals surface area contributed by atoms with Crippen LogP contribution in [0.2, 0.25) is 0 Å². The predicted octanol–water partition coefficient (Wildman–Crippen LogP) is 2.71. The lowest BCUT2D eigenvalue weighted by molar-refractivity contribution is -0.134. The van der Waals surface area contributed by atoms with Crippen molar-refractivity contribution in [1.29, 1.82) is 5.26 Å². The SMILES string of the molecule is C=O.CC.CC[C@H]1CN(CC(N)C(=O)N2CCCCCC2C#N)CN1Cc1cccc(C(=O)N(C)C)c1. The molecule has 1 aromatic carbocycles. The van der Waals surface area contributed by atoms with Crippen LogP contribution in [0.25, 0.3) is 0 Å². The zero-order chi connectivity index (χ0) is 28.0. The van der Waals surface area contributed by atoms with Crippen LogP contribution in [0.1, 0.15) is 68.8 Å². The second-order valence-corrected chi connectivity index (χ2v) is 9.52. The first-order valence-electron chi connectivity index (χ1n) is 13.4. The van der Waals surface area contributed by atoms with Gasteiger partial charge in [0.2, 0.25) is 5.91 Å². The number of nitrogens with two attached hydrogens (primary N) is 1. The Hall–Kier alpha value is -2.80. The Kier molecular flexibility index (Phi) is 14.7. The minimum atomic E-state index is -0.627. The number of amides is 2. The molecule has 2 aliphatic rings. The molecule has 2 heterocycles. The number of nitrogens with zero attached hydrogens (tertiary/aromatic N) is 5. The van der Waals surface area contributed by atoms with Crippen molar-refractivity contribution < 1.29 is 14.4 Å². The van der Waals surface area contributed by atoms with E-state index in [2.05, 4.69) is 28.9 Å². The van der Waals surface area contributed by atoms with Gasteiger partial charge in [-0.05, 0) is 37.0 Å². The minimum absolute atomic E-state index is 0.000567. The molecule has 0 aromatic heterocycles. The Balaban J connectivity index is 0.00000163. The zero-order valence-electron chi connectivity index (χ0n) is 23.4. The second-order valence-electron chi connectivity index (χ2n) is 9.52. The fraction of sp³-hybridized carbons (Fsp3) is 0.643. The summed E-state index contributed by atoms with van der Waals surface area (Å²) in [7, 11) is 3.52. The molecule has 0 bridgehead atoms. The van der Waals surface area contributed by atoms with Crippen LogP contribution in [0.5, 0.6) is 0 Å². The van der Waals surface area contributed by atoms with Crippen LogP contribution in [-0.2, 0) is 16.1 Å². The van der Waals surface area contributed by atoms with E-state index in [1.807, 2.05) is 38.8 Å². The van der Waals surface area contributed by atoms with Crippen molar-refractivity contribution in [1.82, 2.24) is 19.6 Å². The van der Waals surface area contributed by atoms with Crippen LogP contribution in [0.4, 0.5) is 0 Å². The first-order valence-corrected chi connectivity index (χ1v) is 13.4. The first kappa shape index (κ1) is 32.2. The summed E-state index contributed by atoms with van der Waals surface area (Å²) < 4.78 is 0. The largest absolute Gasteiger partial charge is 0.345 e. The van der Waals surface area contributed by atoms with Gasteiger partial charge in [0, 0.05) is 51.9 Å². The number of carbonyl (C=O) groups is 3. The third-order valence-corrected chi connectivity index (χ3v) is 6.76. The molecule has 3 atom stereocenters. The highest BCUT2D eigenvalue weighted by atomic mass is 16.2. The molecule has 9 heteroatoms. The predicted molar refractivity (Wildman–Crippen MR) is 147 cm³/mol. The minimum Gasteiger partial charge on any atom is -0.345 e. The first-order chi connectivity index (χ1) is 17.8. The van der Waals surface area contributed by atoms with Crippen molar-refractivity contribution in [3.63, 3.8) is 0 Å². The Morgan fingerprint density at radius 1 is 1.22 bits per heavy atom. The standard InChI is InChI=1S/C25H38N6O2.C2H6.CH2O/c1-4-21-16-29(17-23(27)25(33)31-12-7-5-6-11-22(31)14-26)18-30(21)15-19-9-8-10-20(13-19)24(32)28(2)3;2*1-2/h8-10,13,21-23H,4-7,11-12,15-18,27H2,1-3H3;1-2H3;1H2/t21-,22?,23?;;/m0../s1. The van der Waals surface area contributed by atoms with Gasteiger partial charge in [-0.2, -0.15) is 5.26 Å². The van der Waals surface area contributed by atoms with E-state index in [-0.39, 0.29) is 17.9 Å². The molecule has 2 unspecified atom stereocenters. The highest BCUT2D eigenvalue weighted by Gasteiger charge is 2.34. The summed E-state index contributed by atoms with van der Waals surface area (Å²) in [6.45, 7) is 11.6. The molecule has 2 fully saturated rings. The average molecular weight is 515 g/mol. The number of rotatable bonds is 7. The molecule has 2 aliphatic heterocycles. The molecule has 3 rings (SSSR count). The quantitative estimate of drug-likeness (QED) is 0.595. The van der Waals surface area contributed by atoms with Gasteiger partial charge >= 0.3 is 0 Å². The Morgan fingerprint density at radius 2 is 1.92 bits per heavy atom. The van der Waals surface area contributed by atoms with Crippen LogP contribution in [0.3, 0.4) is 0 Å². The summed E-state index contributed by atoms with van der Waals surface area (Å²) in [5.41, 5.74) is 8.15. The summed E-state index contributed by atoms with van der Waals surface area (Å²) >= 11 is 0. The van der Waals surface area contributed by atoms with Gasteiger partial charge in [0.05, 0.1) is 18.8 Å². The lowest BCUT2D eigenvalue weighted by Crippen LogP contribution is -2.52. The number of carbonyl (C=O) groups excluding carboxylic acids is 3. The molecular weight excluding hydrogens is 468 g/mol. The van der Waals surface area contributed by atoms with Crippen LogP contribution in [0, 0.1) is 11.3 Å². The highest BCUT2D eigenvalue weighted by molar-refractivity contribution is 5.94. The molecule has 206 valence electrons. The number of likely N-dealkylation sites (tertiary alicyclic amines) is 1. The topological polar surface area (TPSA) is 114 Å². The molecule has 0 saturated carbocycles. The fourth-order valence-electron chi connectivity index (χ4n) is 4.91.